The van der Waals surface area contributed by atoms with E-state index in [1.165, 1.54) is 11.1 Å². The maximum atomic E-state index is 12.3. The van der Waals surface area contributed by atoms with Gasteiger partial charge in [-0.15, -0.1) is 12.4 Å². The monoisotopic (exact) mass is 269 g/mol. The van der Waals surface area contributed by atoms with Crippen molar-refractivity contribution in [3.63, 3.8) is 0 Å². The fourth-order valence-corrected chi connectivity index (χ4v) is 1.96. The van der Waals surface area contributed by atoms with Crippen LogP contribution in [0.1, 0.15) is 48.2 Å². The lowest BCUT2D eigenvalue weighted by atomic mass is 9.97. The van der Waals surface area contributed by atoms with Gasteiger partial charge in [0.15, 0.2) is 5.78 Å². The van der Waals surface area contributed by atoms with Gasteiger partial charge in [-0.05, 0) is 44.0 Å². The molecule has 0 spiro atoms. The van der Waals surface area contributed by atoms with Gasteiger partial charge in [-0.1, -0.05) is 32.4 Å². The number of aryl methyl sites for hydroxylation is 2. The maximum Gasteiger partial charge on any atom is 0.179 e. The third-order valence-corrected chi connectivity index (χ3v) is 3.14. The number of hydrogen-bond acceptors (Lipinski definition) is 2. The quantitative estimate of drug-likeness (QED) is 0.798. The lowest BCUT2D eigenvalue weighted by Gasteiger charge is -2.16. The van der Waals surface area contributed by atoms with Crippen LogP contribution in [-0.2, 0) is 0 Å². The summed E-state index contributed by atoms with van der Waals surface area (Å²) in [7, 11) is 0. The van der Waals surface area contributed by atoms with Gasteiger partial charge in [0.1, 0.15) is 0 Å². The molecule has 0 bridgehead atoms. The van der Waals surface area contributed by atoms with Crippen LogP contribution in [0.3, 0.4) is 0 Å². The first-order chi connectivity index (χ1) is 8.10. The molecule has 2 nitrogen and oxygen atoms in total. The molecule has 0 aromatic heterocycles. The Kier molecular flexibility index (Phi) is 7.88. The number of halogens is 1. The topological polar surface area (TPSA) is 29.1 Å². The van der Waals surface area contributed by atoms with Gasteiger partial charge < -0.3 is 5.32 Å². The van der Waals surface area contributed by atoms with Crippen LogP contribution in [0.15, 0.2) is 18.2 Å². The third kappa shape index (κ3) is 4.43. The van der Waals surface area contributed by atoms with Crippen LogP contribution in [0.4, 0.5) is 0 Å². The van der Waals surface area contributed by atoms with Crippen molar-refractivity contribution in [3.05, 3.63) is 34.9 Å². The number of carbonyl (C=O) groups is 1. The molecule has 18 heavy (non-hydrogen) atoms. The molecule has 102 valence electrons. The van der Waals surface area contributed by atoms with Crippen LogP contribution in [0.5, 0.6) is 0 Å². The van der Waals surface area contributed by atoms with E-state index in [0.717, 1.165) is 24.9 Å². The SMILES string of the molecule is CCCC(NCC)C(=O)c1ccc(C)c(C)c1.Cl. The van der Waals surface area contributed by atoms with Gasteiger partial charge in [-0.3, -0.25) is 4.79 Å². The second-order valence-corrected chi connectivity index (χ2v) is 4.56. The highest BCUT2D eigenvalue weighted by Gasteiger charge is 2.18. The predicted molar refractivity (Wildman–Crippen MR) is 79.9 cm³/mol. The highest BCUT2D eigenvalue weighted by molar-refractivity contribution is 6.00. The zero-order chi connectivity index (χ0) is 12.8. The Balaban J connectivity index is 0.00000289. The minimum atomic E-state index is -0.0351. The van der Waals surface area contributed by atoms with Gasteiger partial charge in [0.2, 0.25) is 0 Å². The molecule has 0 radical (unpaired) electrons. The molecular formula is C15H24ClNO. The fraction of sp³-hybridized carbons (Fsp3) is 0.533. The van der Waals surface area contributed by atoms with Gasteiger partial charge in [-0.25, -0.2) is 0 Å². The molecule has 0 amide bonds. The number of carbonyl (C=O) groups excluding carboxylic acids is 1. The van der Waals surface area contributed by atoms with Crippen LogP contribution >= 0.6 is 12.4 Å². The number of Topliss-reactive ketones (excluding diaryl/α,β-unsaturated/α-hetero) is 1. The van der Waals surface area contributed by atoms with Crippen molar-refractivity contribution in [2.75, 3.05) is 6.54 Å². The van der Waals surface area contributed by atoms with Crippen molar-refractivity contribution in [1.82, 2.24) is 5.32 Å². The summed E-state index contributed by atoms with van der Waals surface area (Å²) < 4.78 is 0. The Hall–Kier alpha value is -0.860. The number of nitrogens with one attached hydrogen (secondary N) is 1. The van der Waals surface area contributed by atoms with E-state index in [9.17, 15) is 4.79 Å². The number of ketones is 1. The second kappa shape index (κ2) is 8.28. The van der Waals surface area contributed by atoms with Crippen molar-refractivity contribution in [2.45, 2.75) is 46.6 Å². The minimum Gasteiger partial charge on any atom is -0.307 e. The molecule has 0 saturated heterocycles. The van der Waals surface area contributed by atoms with Crippen LogP contribution < -0.4 is 5.32 Å². The van der Waals surface area contributed by atoms with Gasteiger partial charge in [0.25, 0.3) is 0 Å². The van der Waals surface area contributed by atoms with Crippen molar-refractivity contribution in [3.8, 4) is 0 Å². The molecule has 1 atom stereocenters. The first-order valence-electron chi connectivity index (χ1n) is 6.45. The van der Waals surface area contributed by atoms with E-state index < -0.39 is 0 Å². The summed E-state index contributed by atoms with van der Waals surface area (Å²) in [4.78, 5) is 12.3. The summed E-state index contributed by atoms with van der Waals surface area (Å²) in [6.45, 7) is 9.10. The maximum absolute atomic E-state index is 12.3. The van der Waals surface area contributed by atoms with Gasteiger partial charge in [-0.2, -0.15) is 0 Å². The number of benzene rings is 1. The van der Waals surface area contributed by atoms with E-state index in [2.05, 4.69) is 19.2 Å². The Morgan fingerprint density at radius 2 is 1.89 bits per heavy atom. The molecule has 0 fully saturated rings. The summed E-state index contributed by atoms with van der Waals surface area (Å²) >= 11 is 0. The summed E-state index contributed by atoms with van der Waals surface area (Å²) in [5.41, 5.74) is 3.24. The standard InChI is InChI=1S/C15H23NO.ClH/c1-5-7-14(16-6-2)15(17)13-9-8-11(3)12(4)10-13;/h8-10,14,16H,5-7H2,1-4H3;1H. The smallest absolute Gasteiger partial charge is 0.179 e. The Bertz CT molecular complexity index is 384. The summed E-state index contributed by atoms with van der Waals surface area (Å²) in [5, 5.41) is 3.27. The normalized spacial score (nSPS) is 11.8. The molecular weight excluding hydrogens is 246 g/mol. The van der Waals surface area contributed by atoms with Gasteiger partial charge >= 0.3 is 0 Å². The first kappa shape index (κ1) is 17.1. The van der Waals surface area contributed by atoms with E-state index in [4.69, 9.17) is 0 Å². The minimum absolute atomic E-state index is 0. The zero-order valence-electron chi connectivity index (χ0n) is 11.7. The molecule has 0 heterocycles. The highest BCUT2D eigenvalue weighted by Crippen LogP contribution is 2.13. The van der Waals surface area contributed by atoms with Crippen LogP contribution in [0.2, 0.25) is 0 Å². The molecule has 1 N–H and O–H groups in total. The van der Waals surface area contributed by atoms with E-state index in [-0.39, 0.29) is 24.2 Å². The first-order valence-corrected chi connectivity index (χ1v) is 6.45. The number of hydrogen-bond donors (Lipinski definition) is 1. The fourth-order valence-electron chi connectivity index (χ4n) is 1.96. The molecule has 0 saturated carbocycles. The van der Waals surface area contributed by atoms with Crippen molar-refractivity contribution < 1.29 is 4.79 Å². The molecule has 0 aliphatic rings. The molecule has 0 aliphatic carbocycles. The van der Waals surface area contributed by atoms with Crippen molar-refractivity contribution in [2.24, 2.45) is 0 Å². The third-order valence-electron chi connectivity index (χ3n) is 3.14. The van der Waals surface area contributed by atoms with E-state index in [1.54, 1.807) is 0 Å². The summed E-state index contributed by atoms with van der Waals surface area (Å²) in [6.07, 6.45) is 1.92. The van der Waals surface area contributed by atoms with Crippen LogP contribution in [0.25, 0.3) is 0 Å². The Morgan fingerprint density at radius 1 is 1.22 bits per heavy atom. The molecule has 1 aromatic rings. The summed E-state index contributed by atoms with van der Waals surface area (Å²) in [5.74, 6) is 0.219. The van der Waals surface area contributed by atoms with Crippen molar-refractivity contribution >= 4 is 18.2 Å². The largest absolute Gasteiger partial charge is 0.307 e. The van der Waals surface area contributed by atoms with Crippen molar-refractivity contribution in [1.29, 1.82) is 0 Å². The number of rotatable bonds is 6. The Morgan fingerprint density at radius 3 is 2.39 bits per heavy atom. The van der Waals surface area contributed by atoms with Gasteiger partial charge in [0, 0.05) is 5.56 Å². The van der Waals surface area contributed by atoms with E-state index >= 15 is 0 Å². The molecule has 3 heteroatoms. The Labute approximate surface area is 117 Å². The van der Waals surface area contributed by atoms with Crippen LogP contribution in [0, 0.1) is 13.8 Å². The molecule has 1 rings (SSSR count). The lowest BCUT2D eigenvalue weighted by molar-refractivity contribution is 0.0938. The lowest BCUT2D eigenvalue weighted by Crippen LogP contribution is -2.36. The highest BCUT2D eigenvalue weighted by atomic mass is 35.5. The van der Waals surface area contributed by atoms with Gasteiger partial charge in [0.05, 0.1) is 6.04 Å². The average Bonchev–Trinajstić information content (AvgIpc) is 2.31. The van der Waals surface area contributed by atoms with Crippen LogP contribution in [-0.4, -0.2) is 18.4 Å². The zero-order valence-corrected chi connectivity index (χ0v) is 12.6. The molecule has 0 aliphatic heterocycles. The molecule has 1 aromatic carbocycles. The number of likely N-dealkylation sites (N-methyl/N-ethyl adjacent to an activating group) is 1. The van der Waals surface area contributed by atoms with E-state index in [0.29, 0.717) is 0 Å². The second-order valence-electron chi connectivity index (χ2n) is 4.56. The van der Waals surface area contributed by atoms with E-state index in [1.807, 2.05) is 32.0 Å². The summed E-state index contributed by atoms with van der Waals surface area (Å²) in [6, 6.07) is 5.92. The predicted octanol–water partition coefficient (Wildman–Crippen LogP) is 3.69. The molecule has 1 unspecified atom stereocenters. The average molecular weight is 270 g/mol.